The number of hydrogen-bond donors (Lipinski definition) is 1. The van der Waals surface area contributed by atoms with Crippen LogP contribution in [0.25, 0.3) is 11.0 Å². The summed E-state index contributed by atoms with van der Waals surface area (Å²) in [6.45, 7) is 2.14. The summed E-state index contributed by atoms with van der Waals surface area (Å²) < 4.78 is 29.0. The summed E-state index contributed by atoms with van der Waals surface area (Å²) in [6, 6.07) is 2.36. The molecule has 1 aliphatic rings. The molecule has 2 N–H and O–H groups in total. The number of thioether (sulfide) groups is 1. The lowest BCUT2D eigenvalue weighted by molar-refractivity contribution is 0.538. The van der Waals surface area contributed by atoms with Crippen LogP contribution < -0.4 is 5.73 Å². The van der Waals surface area contributed by atoms with Gasteiger partial charge in [0.25, 0.3) is 0 Å². The lowest BCUT2D eigenvalue weighted by Crippen LogP contribution is -2.10. The summed E-state index contributed by atoms with van der Waals surface area (Å²) in [5, 5.41) is 0.597. The highest BCUT2D eigenvalue weighted by Gasteiger charge is 2.29. The number of aromatic nitrogens is 2. The van der Waals surface area contributed by atoms with Gasteiger partial charge in [0.2, 0.25) is 5.95 Å². The Morgan fingerprint density at radius 1 is 1.40 bits per heavy atom. The molecule has 1 saturated carbocycles. The average Bonchev–Trinajstić information content (AvgIpc) is 2.94. The van der Waals surface area contributed by atoms with E-state index in [4.69, 9.17) is 5.73 Å². The average molecular weight is 297 g/mol. The molecule has 2 aromatic rings. The minimum Gasteiger partial charge on any atom is -0.369 e. The van der Waals surface area contributed by atoms with Crippen molar-refractivity contribution in [1.82, 2.24) is 9.55 Å². The first-order chi connectivity index (χ1) is 9.60. The van der Waals surface area contributed by atoms with E-state index in [1.54, 1.807) is 4.57 Å². The highest BCUT2D eigenvalue weighted by molar-refractivity contribution is 7.99. The van der Waals surface area contributed by atoms with Gasteiger partial charge in [-0.15, -0.1) is 0 Å². The van der Waals surface area contributed by atoms with Gasteiger partial charge in [-0.3, -0.25) is 0 Å². The number of benzene rings is 1. The Labute approximate surface area is 120 Å². The number of nitrogens with zero attached hydrogens (tertiary/aromatic N) is 2. The number of anilines is 1. The van der Waals surface area contributed by atoms with Gasteiger partial charge < -0.3 is 10.3 Å². The fraction of sp³-hybridized carbons (Fsp3) is 0.500. The summed E-state index contributed by atoms with van der Waals surface area (Å²) in [7, 11) is 0. The summed E-state index contributed by atoms with van der Waals surface area (Å²) in [5.41, 5.74) is 6.55. The molecule has 3 rings (SSSR count). The second kappa shape index (κ2) is 5.24. The van der Waals surface area contributed by atoms with E-state index >= 15 is 0 Å². The maximum atomic E-state index is 13.7. The normalized spacial score (nSPS) is 22.8. The van der Waals surface area contributed by atoms with Gasteiger partial charge in [0.1, 0.15) is 11.3 Å². The second-order valence-electron chi connectivity index (χ2n) is 5.14. The van der Waals surface area contributed by atoms with E-state index in [0.717, 1.165) is 31.1 Å². The predicted octanol–water partition coefficient (Wildman–Crippen LogP) is 3.74. The molecular formula is C14H17F2N3S. The van der Waals surface area contributed by atoms with Crippen LogP contribution in [0, 0.1) is 11.6 Å². The lowest BCUT2D eigenvalue weighted by Gasteiger charge is -2.15. The summed E-state index contributed by atoms with van der Waals surface area (Å²) in [6.07, 6.45) is 3.07. The smallest absolute Gasteiger partial charge is 0.201 e. The fourth-order valence-electron chi connectivity index (χ4n) is 3.06. The van der Waals surface area contributed by atoms with Crippen LogP contribution in [0.4, 0.5) is 14.7 Å². The Bertz CT molecular complexity index is 641. The molecule has 6 heteroatoms. The zero-order valence-corrected chi connectivity index (χ0v) is 12.1. The highest BCUT2D eigenvalue weighted by Crippen LogP contribution is 2.40. The quantitative estimate of drug-likeness (QED) is 0.938. The molecule has 1 heterocycles. The number of fused-ring (bicyclic) bond motifs is 1. The van der Waals surface area contributed by atoms with Crippen LogP contribution in [0.15, 0.2) is 12.1 Å². The second-order valence-corrected chi connectivity index (χ2v) is 6.72. The molecule has 1 fully saturated rings. The van der Waals surface area contributed by atoms with Gasteiger partial charge in [-0.2, -0.15) is 11.8 Å². The molecule has 108 valence electrons. The van der Waals surface area contributed by atoms with Gasteiger partial charge in [0.15, 0.2) is 5.82 Å². The van der Waals surface area contributed by atoms with Crippen molar-refractivity contribution in [1.29, 1.82) is 0 Å². The molecule has 0 spiro atoms. The number of hydrogen-bond acceptors (Lipinski definition) is 3. The van der Waals surface area contributed by atoms with Crippen molar-refractivity contribution in [2.45, 2.75) is 37.5 Å². The highest BCUT2D eigenvalue weighted by atomic mass is 32.2. The van der Waals surface area contributed by atoms with E-state index in [9.17, 15) is 8.78 Å². The van der Waals surface area contributed by atoms with E-state index in [0.29, 0.717) is 10.8 Å². The minimum atomic E-state index is -0.650. The summed E-state index contributed by atoms with van der Waals surface area (Å²) >= 11 is 1.93. The Morgan fingerprint density at radius 2 is 2.20 bits per heavy atom. The van der Waals surface area contributed by atoms with Crippen molar-refractivity contribution in [3.8, 4) is 0 Å². The minimum absolute atomic E-state index is 0.162. The molecule has 3 nitrogen and oxygen atoms in total. The van der Waals surface area contributed by atoms with Crippen LogP contribution in [-0.2, 0) is 0 Å². The Kier molecular flexibility index (Phi) is 3.58. The van der Waals surface area contributed by atoms with Crippen LogP contribution >= 0.6 is 11.8 Å². The zero-order chi connectivity index (χ0) is 14.3. The van der Waals surface area contributed by atoms with E-state index in [1.807, 2.05) is 11.8 Å². The van der Waals surface area contributed by atoms with Crippen molar-refractivity contribution in [3.63, 3.8) is 0 Å². The number of halogens is 2. The standard InChI is InChI=1S/C14H17F2N3S/c1-2-20-10-4-3-9(7-10)19-12-6-8(15)5-11(16)13(12)18-14(19)17/h5-6,9-10H,2-4,7H2,1H3,(H2,17,18). The maximum absolute atomic E-state index is 13.7. The Hall–Kier alpha value is -1.30. The molecule has 0 saturated heterocycles. The third kappa shape index (κ3) is 2.26. The molecule has 0 aliphatic heterocycles. The number of imidazole rings is 1. The van der Waals surface area contributed by atoms with Crippen molar-refractivity contribution >= 4 is 28.7 Å². The van der Waals surface area contributed by atoms with Crippen molar-refractivity contribution in [2.75, 3.05) is 11.5 Å². The third-order valence-electron chi connectivity index (χ3n) is 3.87. The molecule has 1 aliphatic carbocycles. The number of nitrogen functional groups attached to an aromatic ring is 1. The first-order valence-corrected chi connectivity index (χ1v) is 7.89. The van der Waals surface area contributed by atoms with Gasteiger partial charge >= 0.3 is 0 Å². The topological polar surface area (TPSA) is 43.8 Å². The predicted molar refractivity (Wildman–Crippen MR) is 78.9 cm³/mol. The molecule has 20 heavy (non-hydrogen) atoms. The van der Waals surface area contributed by atoms with Gasteiger partial charge in [0.05, 0.1) is 5.52 Å². The fourth-order valence-corrected chi connectivity index (χ4v) is 4.19. The van der Waals surface area contributed by atoms with Gasteiger partial charge in [0, 0.05) is 23.4 Å². The molecule has 0 radical (unpaired) electrons. The molecule has 0 amide bonds. The third-order valence-corrected chi connectivity index (χ3v) is 5.10. The maximum Gasteiger partial charge on any atom is 0.201 e. The van der Waals surface area contributed by atoms with E-state index in [2.05, 4.69) is 11.9 Å². The molecule has 1 aromatic carbocycles. The van der Waals surface area contributed by atoms with Crippen LogP contribution in [-0.4, -0.2) is 20.6 Å². The Morgan fingerprint density at radius 3 is 2.95 bits per heavy atom. The monoisotopic (exact) mass is 297 g/mol. The lowest BCUT2D eigenvalue weighted by atomic mass is 10.2. The molecule has 2 atom stereocenters. The largest absolute Gasteiger partial charge is 0.369 e. The van der Waals surface area contributed by atoms with Gasteiger partial charge in [-0.25, -0.2) is 13.8 Å². The number of rotatable bonds is 3. The van der Waals surface area contributed by atoms with Crippen LogP contribution in [0.2, 0.25) is 0 Å². The first-order valence-electron chi connectivity index (χ1n) is 6.84. The molecule has 1 aromatic heterocycles. The molecule has 0 bridgehead atoms. The van der Waals surface area contributed by atoms with Gasteiger partial charge in [-0.05, 0) is 25.0 Å². The summed E-state index contributed by atoms with van der Waals surface area (Å²) in [5.74, 6) is 0.120. The SMILES string of the molecule is CCSC1CCC(n2c(N)nc3c(F)cc(F)cc32)C1. The molecule has 2 unspecified atom stereocenters. The van der Waals surface area contributed by atoms with E-state index < -0.39 is 11.6 Å². The van der Waals surface area contributed by atoms with Crippen molar-refractivity contribution < 1.29 is 8.78 Å². The van der Waals surface area contributed by atoms with Crippen LogP contribution in [0.1, 0.15) is 32.2 Å². The van der Waals surface area contributed by atoms with Crippen LogP contribution in [0.3, 0.4) is 0 Å². The van der Waals surface area contributed by atoms with E-state index in [1.165, 1.54) is 6.07 Å². The molecular weight excluding hydrogens is 280 g/mol. The number of nitrogens with two attached hydrogens (primary N) is 1. The van der Waals surface area contributed by atoms with Crippen LogP contribution in [0.5, 0.6) is 0 Å². The van der Waals surface area contributed by atoms with Crippen molar-refractivity contribution in [3.05, 3.63) is 23.8 Å². The zero-order valence-electron chi connectivity index (χ0n) is 11.3. The van der Waals surface area contributed by atoms with E-state index in [-0.39, 0.29) is 17.5 Å². The summed E-state index contributed by atoms with van der Waals surface area (Å²) in [4.78, 5) is 4.06. The first kappa shape index (κ1) is 13.7. The van der Waals surface area contributed by atoms with Crippen molar-refractivity contribution in [2.24, 2.45) is 0 Å². The Balaban J connectivity index is 2.01. The van der Waals surface area contributed by atoms with Gasteiger partial charge in [-0.1, -0.05) is 6.92 Å².